The maximum absolute atomic E-state index is 12.3. The topological polar surface area (TPSA) is 70.9 Å². The van der Waals surface area contributed by atoms with Crippen LogP contribution in [0.2, 0.25) is 10.0 Å². The Hall–Kier alpha value is -2.17. The van der Waals surface area contributed by atoms with Crippen molar-refractivity contribution in [2.45, 2.75) is 0 Å². The summed E-state index contributed by atoms with van der Waals surface area (Å²) in [6.07, 6.45) is 0. The number of amides is 1. The van der Waals surface area contributed by atoms with Crippen molar-refractivity contribution in [1.82, 2.24) is 4.98 Å². The van der Waals surface area contributed by atoms with Gasteiger partial charge in [-0.15, -0.1) is 0 Å². The summed E-state index contributed by atoms with van der Waals surface area (Å²) >= 11 is 12.0. The molecule has 0 aliphatic heterocycles. The highest BCUT2D eigenvalue weighted by molar-refractivity contribution is 6.44. The number of H-pyrrole nitrogens is 1. The molecule has 4 N–H and O–H groups in total. The van der Waals surface area contributed by atoms with Gasteiger partial charge in [0.1, 0.15) is 5.69 Å². The summed E-state index contributed by atoms with van der Waals surface area (Å²) in [5, 5.41) is 4.30. The number of carbonyl (C=O) groups excluding carboxylic acids is 1. The predicted molar refractivity (Wildman–Crippen MR) is 87.1 cm³/mol. The van der Waals surface area contributed by atoms with E-state index in [1.165, 1.54) is 0 Å². The predicted octanol–water partition coefficient (Wildman–Crippen LogP) is 4.31. The van der Waals surface area contributed by atoms with Gasteiger partial charge in [-0.05, 0) is 36.4 Å². The van der Waals surface area contributed by atoms with Crippen LogP contribution in [0, 0.1) is 0 Å². The molecule has 1 aromatic heterocycles. The van der Waals surface area contributed by atoms with Crippen LogP contribution < -0.4 is 11.1 Å². The number of hydrogen-bond acceptors (Lipinski definition) is 2. The van der Waals surface area contributed by atoms with Crippen LogP contribution in [0.4, 0.5) is 11.4 Å². The van der Waals surface area contributed by atoms with Gasteiger partial charge in [0.05, 0.1) is 15.7 Å². The fourth-order valence-corrected chi connectivity index (χ4v) is 2.41. The highest BCUT2D eigenvalue weighted by Crippen LogP contribution is 2.30. The third-order valence-electron chi connectivity index (χ3n) is 3.09. The number of aromatic amines is 1. The molecule has 0 bridgehead atoms. The Bertz CT molecular complexity index is 842. The normalized spacial score (nSPS) is 10.8. The van der Waals surface area contributed by atoms with Crippen molar-refractivity contribution in [2.24, 2.45) is 0 Å². The number of rotatable bonds is 2. The Morgan fingerprint density at radius 1 is 1.14 bits per heavy atom. The van der Waals surface area contributed by atoms with Crippen LogP contribution in [0.1, 0.15) is 10.5 Å². The van der Waals surface area contributed by atoms with E-state index in [9.17, 15) is 4.79 Å². The standard InChI is InChI=1S/C15H11Cl2N3O/c16-10-2-1-3-12(14(10)17)20-15(21)13-7-8-6-9(18)4-5-11(8)19-13/h1-7,19H,18H2,(H,20,21). The molecule has 0 aliphatic rings. The number of carbonyl (C=O) groups is 1. The number of nitrogen functional groups attached to an aromatic ring is 1. The molecule has 0 fully saturated rings. The average molecular weight is 320 g/mol. The van der Waals surface area contributed by atoms with E-state index in [0.29, 0.717) is 27.1 Å². The van der Waals surface area contributed by atoms with E-state index < -0.39 is 0 Å². The molecule has 0 saturated carbocycles. The summed E-state index contributed by atoms with van der Waals surface area (Å²) in [5.41, 5.74) is 8.09. The SMILES string of the molecule is Nc1ccc2[nH]c(C(=O)Nc3cccc(Cl)c3Cl)cc2c1. The molecule has 0 saturated heterocycles. The zero-order chi connectivity index (χ0) is 15.0. The highest BCUT2D eigenvalue weighted by Gasteiger charge is 2.12. The lowest BCUT2D eigenvalue weighted by Gasteiger charge is -2.06. The van der Waals surface area contributed by atoms with Gasteiger partial charge in [-0.2, -0.15) is 0 Å². The molecule has 2 aromatic carbocycles. The molecule has 1 amide bonds. The first-order chi connectivity index (χ1) is 10.0. The van der Waals surface area contributed by atoms with E-state index in [2.05, 4.69) is 10.3 Å². The first kappa shape index (κ1) is 13.8. The van der Waals surface area contributed by atoms with Crippen LogP contribution in [0.15, 0.2) is 42.5 Å². The van der Waals surface area contributed by atoms with E-state index in [1.807, 2.05) is 6.07 Å². The first-order valence-electron chi connectivity index (χ1n) is 6.18. The number of anilines is 2. The third kappa shape index (κ3) is 2.68. The number of benzene rings is 2. The maximum atomic E-state index is 12.3. The molecule has 106 valence electrons. The summed E-state index contributed by atoms with van der Waals surface area (Å²) in [7, 11) is 0. The summed E-state index contributed by atoms with van der Waals surface area (Å²) < 4.78 is 0. The van der Waals surface area contributed by atoms with Crippen molar-refractivity contribution in [3.63, 3.8) is 0 Å². The summed E-state index contributed by atoms with van der Waals surface area (Å²) in [6, 6.07) is 12.2. The van der Waals surface area contributed by atoms with E-state index in [-0.39, 0.29) is 5.91 Å². The van der Waals surface area contributed by atoms with Crippen LogP contribution in [0.25, 0.3) is 10.9 Å². The van der Waals surface area contributed by atoms with Gasteiger partial charge in [0, 0.05) is 16.6 Å². The minimum Gasteiger partial charge on any atom is -0.399 e. The van der Waals surface area contributed by atoms with Crippen molar-refractivity contribution >= 4 is 51.4 Å². The number of halogens is 2. The van der Waals surface area contributed by atoms with E-state index in [0.717, 1.165) is 10.9 Å². The second kappa shape index (κ2) is 5.31. The minimum absolute atomic E-state index is 0.297. The van der Waals surface area contributed by atoms with Crippen LogP contribution in [0.5, 0.6) is 0 Å². The third-order valence-corrected chi connectivity index (χ3v) is 3.91. The number of hydrogen-bond donors (Lipinski definition) is 3. The smallest absolute Gasteiger partial charge is 0.272 e. The maximum Gasteiger partial charge on any atom is 0.272 e. The van der Waals surface area contributed by atoms with Gasteiger partial charge in [0.2, 0.25) is 0 Å². The fourth-order valence-electron chi connectivity index (χ4n) is 2.06. The molecule has 0 atom stereocenters. The Labute approximate surface area is 130 Å². The second-order valence-electron chi connectivity index (χ2n) is 4.59. The van der Waals surface area contributed by atoms with Crippen molar-refractivity contribution in [3.8, 4) is 0 Å². The number of nitrogens with one attached hydrogen (secondary N) is 2. The van der Waals surface area contributed by atoms with Gasteiger partial charge in [-0.25, -0.2) is 0 Å². The van der Waals surface area contributed by atoms with Crippen molar-refractivity contribution in [3.05, 3.63) is 58.2 Å². The quantitative estimate of drug-likeness (QED) is 0.616. The molecule has 0 aliphatic carbocycles. The van der Waals surface area contributed by atoms with Crippen molar-refractivity contribution in [2.75, 3.05) is 11.1 Å². The van der Waals surface area contributed by atoms with E-state index >= 15 is 0 Å². The van der Waals surface area contributed by atoms with E-state index in [4.69, 9.17) is 28.9 Å². The Balaban J connectivity index is 1.91. The Morgan fingerprint density at radius 3 is 2.76 bits per heavy atom. The zero-order valence-electron chi connectivity index (χ0n) is 10.8. The second-order valence-corrected chi connectivity index (χ2v) is 5.37. The van der Waals surface area contributed by atoms with Gasteiger partial charge < -0.3 is 16.0 Å². The summed E-state index contributed by atoms with van der Waals surface area (Å²) in [6.45, 7) is 0. The molecular weight excluding hydrogens is 309 g/mol. The fraction of sp³-hybridized carbons (Fsp3) is 0. The largest absolute Gasteiger partial charge is 0.399 e. The lowest BCUT2D eigenvalue weighted by atomic mass is 10.2. The first-order valence-corrected chi connectivity index (χ1v) is 6.94. The van der Waals surface area contributed by atoms with Gasteiger partial charge in [0.25, 0.3) is 5.91 Å². The molecule has 3 rings (SSSR count). The van der Waals surface area contributed by atoms with E-state index in [1.54, 1.807) is 36.4 Å². The van der Waals surface area contributed by atoms with Gasteiger partial charge in [0.15, 0.2) is 0 Å². The molecule has 6 heteroatoms. The molecular formula is C15H11Cl2N3O. The highest BCUT2D eigenvalue weighted by atomic mass is 35.5. The monoisotopic (exact) mass is 319 g/mol. The molecule has 4 nitrogen and oxygen atoms in total. The number of fused-ring (bicyclic) bond motifs is 1. The summed E-state index contributed by atoms with van der Waals surface area (Å²) in [5.74, 6) is -0.297. The van der Waals surface area contributed by atoms with Crippen molar-refractivity contribution < 1.29 is 4.79 Å². The Morgan fingerprint density at radius 2 is 1.95 bits per heavy atom. The average Bonchev–Trinajstić information content (AvgIpc) is 2.87. The number of aromatic nitrogens is 1. The molecule has 0 spiro atoms. The lowest BCUT2D eigenvalue weighted by molar-refractivity contribution is 0.102. The lowest BCUT2D eigenvalue weighted by Crippen LogP contribution is -2.12. The molecule has 1 heterocycles. The zero-order valence-corrected chi connectivity index (χ0v) is 12.3. The summed E-state index contributed by atoms with van der Waals surface area (Å²) in [4.78, 5) is 15.3. The van der Waals surface area contributed by atoms with Crippen LogP contribution in [0.3, 0.4) is 0 Å². The van der Waals surface area contributed by atoms with Crippen LogP contribution in [-0.4, -0.2) is 10.9 Å². The van der Waals surface area contributed by atoms with Crippen LogP contribution in [-0.2, 0) is 0 Å². The van der Waals surface area contributed by atoms with Crippen molar-refractivity contribution in [1.29, 1.82) is 0 Å². The molecule has 3 aromatic rings. The molecule has 0 radical (unpaired) electrons. The van der Waals surface area contributed by atoms with Gasteiger partial charge in [-0.3, -0.25) is 4.79 Å². The van der Waals surface area contributed by atoms with Gasteiger partial charge >= 0.3 is 0 Å². The number of nitrogens with two attached hydrogens (primary N) is 1. The molecule has 21 heavy (non-hydrogen) atoms. The minimum atomic E-state index is -0.297. The van der Waals surface area contributed by atoms with Gasteiger partial charge in [-0.1, -0.05) is 29.3 Å². The Kier molecular flexibility index (Phi) is 3.49. The van der Waals surface area contributed by atoms with Crippen LogP contribution >= 0.6 is 23.2 Å². The molecule has 0 unspecified atom stereocenters.